The number of benzene rings is 1. The Morgan fingerprint density at radius 3 is 2.68 bits per heavy atom. The molecule has 0 bridgehead atoms. The Balaban J connectivity index is 1.47. The van der Waals surface area contributed by atoms with Crippen LogP contribution in [0.1, 0.15) is 30.7 Å². The molecule has 2 heterocycles. The van der Waals surface area contributed by atoms with E-state index in [2.05, 4.69) is 15.5 Å². The molecular formula is C15H15N3O3S. The van der Waals surface area contributed by atoms with E-state index in [1.54, 1.807) is 6.07 Å². The average Bonchev–Trinajstić information content (AvgIpc) is 3.27. The maximum atomic E-state index is 12.4. The normalized spacial score (nSPS) is 23.1. The van der Waals surface area contributed by atoms with Gasteiger partial charge in [-0.2, -0.15) is 0 Å². The molecule has 2 aliphatic rings. The van der Waals surface area contributed by atoms with Gasteiger partial charge in [0.05, 0.1) is 0 Å². The van der Waals surface area contributed by atoms with E-state index in [1.165, 1.54) is 11.3 Å². The van der Waals surface area contributed by atoms with Gasteiger partial charge < -0.3 is 9.47 Å². The molecule has 7 heteroatoms. The van der Waals surface area contributed by atoms with Crippen LogP contribution in [0.3, 0.4) is 0 Å². The zero-order chi connectivity index (χ0) is 15.1. The molecule has 4 rings (SSSR count). The van der Waals surface area contributed by atoms with Crippen LogP contribution in [0, 0.1) is 0 Å². The maximum Gasteiger partial charge on any atom is 0.271 e. The Morgan fingerprint density at radius 2 is 1.95 bits per heavy atom. The van der Waals surface area contributed by atoms with Crippen LogP contribution in [-0.2, 0) is 4.79 Å². The molecule has 0 radical (unpaired) electrons. The molecule has 114 valence electrons. The lowest BCUT2D eigenvalue weighted by molar-refractivity contribution is -0.128. The number of fused-ring (bicyclic) bond motifs is 1. The lowest BCUT2D eigenvalue weighted by Crippen LogP contribution is -2.46. The molecule has 22 heavy (non-hydrogen) atoms. The summed E-state index contributed by atoms with van der Waals surface area (Å²) >= 11 is 1.43. The summed E-state index contributed by atoms with van der Waals surface area (Å²) in [5.74, 6) is 1.51. The number of nitrogens with one attached hydrogen (secondary N) is 1. The molecule has 0 spiro atoms. The number of anilines is 1. The summed E-state index contributed by atoms with van der Waals surface area (Å²) in [5.41, 5.74) is 0. The van der Waals surface area contributed by atoms with Gasteiger partial charge in [-0.05, 0) is 31.9 Å². The molecule has 1 fully saturated rings. The van der Waals surface area contributed by atoms with Gasteiger partial charge in [-0.1, -0.05) is 23.5 Å². The first-order valence-corrected chi connectivity index (χ1v) is 8.09. The van der Waals surface area contributed by atoms with E-state index < -0.39 is 6.10 Å². The molecule has 1 saturated carbocycles. The Labute approximate surface area is 131 Å². The van der Waals surface area contributed by atoms with Crippen LogP contribution in [0.4, 0.5) is 5.13 Å². The van der Waals surface area contributed by atoms with Crippen molar-refractivity contribution in [1.82, 2.24) is 10.2 Å². The smallest absolute Gasteiger partial charge is 0.271 e. The van der Waals surface area contributed by atoms with Crippen LogP contribution in [0.25, 0.3) is 0 Å². The molecule has 1 aliphatic carbocycles. The van der Waals surface area contributed by atoms with Crippen molar-refractivity contribution in [3.8, 4) is 11.5 Å². The third kappa shape index (κ3) is 2.52. The zero-order valence-electron chi connectivity index (χ0n) is 12.0. The molecule has 2 aromatic rings. The highest BCUT2D eigenvalue weighted by Gasteiger charge is 2.35. The van der Waals surface area contributed by atoms with E-state index >= 15 is 0 Å². The van der Waals surface area contributed by atoms with Gasteiger partial charge in [-0.3, -0.25) is 10.1 Å². The molecule has 1 aromatic carbocycles. The molecule has 1 N–H and O–H groups in total. The summed E-state index contributed by atoms with van der Waals surface area (Å²) in [4.78, 5) is 12.4. The van der Waals surface area contributed by atoms with Gasteiger partial charge in [-0.15, -0.1) is 10.2 Å². The standard InChI is InChI=1S/C15H15N3O3S/c1-8-12(21-11-5-3-2-4-10(11)20-8)13(19)16-15-18-17-14(22-15)9-6-7-9/h2-5,8-9,12H,6-7H2,1H3,(H,16,18,19). The van der Waals surface area contributed by atoms with Gasteiger partial charge in [-0.25, -0.2) is 0 Å². The number of aromatic nitrogens is 2. The third-order valence-electron chi connectivity index (χ3n) is 3.70. The highest BCUT2D eigenvalue weighted by molar-refractivity contribution is 7.15. The van der Waals surface area contributed by atoms with E-state index in [0.29, 0.717) is 22.5 Å². The number of amides is 1. The molecular weight excluding hydrogens is 302 g/mol. The Bertz CT molecular complexity index is 714. The minimum atomic E-state index is -0.705. The number of para-hydroxylation sites is 2. The van der Waals surface area contributed by atoms with Crippen molar-refractivity contribution in [3.63, 3.8) is 0 Å². The van der Waals surface area contributed by atoms with Crippen LogP contribution in [0.5, 0.6) is 11.5 Å². The highest BCUT2D eigenvalue weighted by Crippen LogP contribution is 2.42. The topological polar surface area (TPSA) is 73.3 Å². The quantitative estimate of drug-likeness (QED) is 0.942. The van der Waals surface area contributed by atoms with Crippen molar-refractivity contribution in [2.24, 2.45) is 0 Å². The fourth-order valence-electron chi connectivity index (χ4n) is 2.36. The van der Waals surface area contributed by atoms with Crippen molar-refractivity contribution in [1.29, 1.82) is 0 Å². The van der Waals surface area contributed by atoms with Gasteiger partial charge in [0.25, 0.3) is 5.91 Å². The number of hydrogen-bond donors (Lipinski definition) is 1. The predicted octanol–water partition coefficient (Wildman–Crippen LogP) is 2.58. The number of hydrogen-bond acceptors (Lipinski definition) is 6. The first-order chi connectivity index (χ1) is 10.7. The fraction of sp³-hybridized carbons (Fsp3) is 0.400. The van der Waals surface area contributed by atoms with E-state index in [4.69, 9.17) is 9.47 Å². The summed E-state index contributed by atoms with van der Waals surface area (Å²) in [6.07, 6.45) is 1.25. The van der Waals surface area contributed by atoms with Gasteiger partial charge in [0, 0.05) is 5.92 Å². The van der Waals surface area contributed by atoms with Gasteiger partial charge >= 0.3 is 0 Å². The van der Waals surface area contributed by atoms with Crippen molar-refractivity contribution in [2.45, 2.75) is 37.9 Å². The third-order valence-corrected chi connectivity index (χ3v) is 4.70. The Kier molecular flexibility index (Phi) is 3.22. The summed E-state index contributed by atoms with van der Waals surface area (Å²) < 4.78 is 11.5. The molecule has 1 amide bonds. The second-order valence-corrected chi connectivity index (χ2v) is 6.53. The van der Waals surface area contributed by atoms with Gasteiger partial charge in [0.15, 0.2) is 11.5 Å². The molecule has 6 nitrogen and oxygen atoms in total. The monoisotopic (exact) mass is 317 g/mol. The van der Waals surface area contributed by atoms with Crippen molar-refractivity contribution in [3.05, 3.63) is 29.3 Å². The van der Waals surface area contributed by atoms with Crippen LogP contribution < -0.4 is 14.8 Å². The molecule has 1 aliphatic heterocycles. The molecule has 2 unspecified atom stereocenters. The maximum absolute atomic E-state index is 12.4. The van der Waals surface area contributed by atoms with Crippen LogP contribution in [0.15, 0.2) is 24.3 Å². The predicted molar refractivity (Wildman–Crippen MR) is 81.5 cm³/mol. The van der Waals surface area contributed by atoms with E-state index in [9.17, 15) is 4.79 Å². The minimum Gasteiger partial charge on any atom is -0.482 e. The second kappa shape index (κ2) is 5.24. The lowest BCUT2D eigenvalue weighted by atomic mass is 10.1. The Morgan fingerprint density at radius 1 is 1.23 bits per heavy atom. The summed E-state index contributed by atoms with van der Waals surface area (Å²) in [7, 11) is 0. The molecule has 2 atom stereocenters. The lowest BCUT2D eigenvalue weighted by Gasteiger charge is -2.30. The van der Waals surface area contributed by atoms with Crippen LogP contribution in [-0.4, -0.2) is 28.3 Å². The van der Waals surface area contributed by atoms with Crippen molar-refractivity contribution >= 4 is 22.4 Å². The number of carbonyl (C=O) groups is 1. The van der Waals surface area contributed by atoms with Crippen molar-refractivity contribution in [2.75, 3.05) is 5.32 Å². The highest BCUT2D eigenvalue weighted by atomic mass is 32.1. The van der Waals surface area contributed by atoms with Crippen LogP contribution >= 0.6 is 11.3 Å². The van der Waals surface area contributed by atoms with Crippen molar-refractivity contribution < 1.29 is 14.3 Å². The van der Waals surface area contributed by atoms with E-state index in [-0.39, 0.29) is 12.0 Å². The van der Waals surface area contributed by atoms with Gasteiger partial charge in [0.2, 0.25) is 11.2 Å². The summed E-state index contributed by atoms with van der Waals surface area (Å²) in [5, 5.41) is 12.4. The van der Waals surface area contributed by atoms with E-state index in [1.807, 2.05) is 25.1 Å². The largest absolute Gasteiger partial charge is 0.482 e. The first kappa shape index (κ1) is 13.5. The summed E-state index contributed by atoms with van der Waals surface area (Å²) in [6.45, 7) is 1.82. The fourth-order valence-corrected chi connectivity index (χ4v) is 3.28. The van der Waals surface area contributed by atoms with E-state index in [0.717, 1.165) is 17.8 Å². The minimum absolute atomic E-state index is 0.263. The number of ether oxygens (including phenoxy) is 2. The van der Waals surface area contributed by atoms with Crippen LogP contribution in [0.2, 0.25) is 0 Å². The SMILES string of the molecule is CC1Oc2ccccc2OC1C(=O)Nc1nnc(C2CC2)s1. The average molecular weight is 317 g/mol. The van der Waals surface area contributed by atoms with Gasteiger partial charge in [0.1, 0.15) is 11.1 Å². The number of nitrogens with zero attached hydrogens (tertiary/aromatic N) is 2. The molecule has 0 saturated heterocycles. The molecule has 1 aromatic heterocycles. The first-order valence-electron chi connectivity index (χ1n) is 7.27. The zero-order valence-corrected chi connectivity index (χ0v) is 12.8. The summed E-state index contributed by atoms with van der Waals surface area (Å²) in [6, 6.07) is 7.33. The number of rotatable bonds is 3. The second-order valence-electron chi connectivity index (χ2n) is 5.52. The number of carbonyl (C=O) groups excluding carboxylic acids is 1. The Hall–Kier alpha value is -2.15.